The third kappa shape index (κ3) is 3.52. The third-order valence-electron chi connectivity index (χ3n) is 2.90. The molecule has 2 aromatic rings. The molecule has 8 heteroatoms. The zero-order chi connectivity index (χ0) is 16.5. The van der Waals surface area contributed by atoms with Crippen molar-refractivity contribution in [3.8, 4) is 0 Å². The summed E-state index contributed by atoms with van der Waals surface area (Å²) in [5.74, 6) is -0.144. The molecule has 0 saturated carbocycles. The number of ketones is 1. The topological polar surface area (TPSA) is 89.3 Å². The molecule has 0 aliphatic carbocycles. The highest BCUT2D eigenvalue weighted by atomic mass is 35.5. The first-order valence-corrected chi connectivity index (χ1v) is 8.33. The molecule has 0 unspecified atom stereocenters. The van der Waals surface area contributed by atoms with Crippen LogP contribution < -0.4 is 10.5 Å². The molecular formula is C14H12Cl2N2O3S. The number of halogens is 2. The normalized spacial score (nSPS) is 11.2. The first kappa shape index (κ1) is 16.6. The van der Waals surface area contributed by atoms with E-state index in [9.17, 15) is 13.2 Å². The monoisotopic (exact) mass is 358 g/mol. The van der Waals surface area contributed by atoms with E-state index in [2.05, 4.69) is 4.72 Å². The Morgan fingerprint density at radius 3 is 2.05 bits per heavy atom. The number of anilines is 2. The highest BCUT2D eigenvalue weighted by molar-refractivity contribution is 7.92. The molecule has 0 saturated heterocycles. The molecule has 0 fully saturated rings. The Bertz CT molecular complexity index is 811. The molecule has 5 nitrogen and oxygen atoms in total. The van der Waals surface area contributed by atoms with Crippen molar-refractivity contribution in [1.29, 1.82) is 0 Å². The van der Waals surface area contributed by atoms with Crippen LogP contribution in [0.4, 0.5) is 11.4 Å². The van der Waals surface area contributed by atoms with Gasteiger partial charge in [-0.25, -0.2) is 8.42 Å². The van der Waals surface area contributed by atoms with Gasteiger partial charge in [0, 0.05) is 5.56 Å². The van der Waals surface area contributed by atoms with Gasteiger partial charge in [0.15, 0.2) is 5.78 Å². The predicted molar refractivity (Wildman–Crippen MR) is 88.1 cm³/mol. The first-order valence-electron chi connectivity index (χ1n) is 6.09. The summed E-state index contributed by atoms with van der Waals surface area (Å²) in [6.45, 7) is 1.40. The minimum absolute atomic E-state index is 0.0153. The standard InChI is InChI=1S/C14H12Cl2N2O3S/c1-8(19)9-2-4-11(5-3-9)22(20,21)18-10-6-12(15)14(17)13(16)7-10/h2-7,18H,17H2,1H3. The van der Waals surface area contributed by atoms with Gasteiger partial charge in [-0.1, -0.05) is 35.3 Å². The van der Waals surface area contributed by atoms with E-state index in [1.165, 1.54) is 43.3 Å². The molecule has 0 atom stereocenters. The molecule has 0 radical (unpaired) electrons. The highest BCUT2D eigenvalue weighted by Gasteiger charge is 2.16. The van der Waals surface area contributed by atoms with Gasteiger partial charge in [-0.2, -0.15) is 0 Å². The van der Waals surface area contributed by atoms with E-state index < -0.39 is 10.0 Å². The number of benzene rings is 2. The van der Waals surface area contributed by atoms with E-state index in [0.717, 1.165) is 0 Å². The van der Waals surface area contributed by atoms with Crippen molar-refractivity contribution in [2.45, 2.75) is 11.8 Å². The molecule has 116 valence electrons. The number of nitrogens with one attached hydrogen (secondary N) is 1. The average molecular weight is 359 g/mol. The van der Waals surface area contributed by atoms with Gasteiger partial charge in [0.1, 0.15) is 0 Å². The van der Waals surface area contributed by atoms with Gasteiger partial charge in [-0.05, 0) is 31.2 Å². The molecule has 0 heterocycles. The summed E-state index contributed by atoms with van der Waals surface area (Å²) < 4.78 is 26.9. The maximum absolute atomic E-state index is 12.3. The number of nitrogen functional groups attached to an aromatic ring is 1. The maximum Gasteiger partial charge on any atom is 0.261 e. The first-order chi connectivity index (χ1) is 10.2. The van der Waals surface area contributed by atoms with Crippen LogP contribution in [0.2, 0.25) is 10.0 Å². The zero-order valence-electron chi connectivity index (χ0n) is 11.4. The van der Waals surface area contributed by atoms with Crippen molar-refractivity contribution in [2.75, 3.05) is 10.5 Å². The van der Waals surface area contributed by atoms with Crippen molar-refractivity contribution in [1.82, 2.24) is 0 Å². The van der Waals surface area contributed by atoms with E-state index in [1.54, 1.807) is 0 Å². The number of carbonyl (C=O) groups excluding carboxylic acids is 1. The van der Waals surface area contributed by atoms with Gasteiger partial charge in [-0.15, -0.1) is 0 Å². The van der Waals surface area contributed by atoms with Gasteiger partial charge in [0.25, 0.3) is 10.0 Å². The van der Waals surface area contributed by atoms with Crippen LogP contribution in [0, 0.1) is 0 Å². The van der Waals surface area contributed by atoms with Crippen molar-refractivity contribution in [2.24, 2.45) is 0 Å². The molecule has 0 spiro atoms. The molecule has 22 heavy (non-hydrogen) atoms. The van der Waals surface area contributed by atoms with Gasteiger partial charge in [0.2, 0.25) is 0 Å². The van der Waals surface area contributed by atoms with Crippen LogP contribution in [0.15, 0.2) is 41.3 Å². The number of rotatable bonds is 4. The van der Waals surface area contributed by atoms with Crippen LogP contribution in [0.3, 0.4) is 0 Å². The van der Waals surface area contributed by atoms with Crippen LogP contribution in [0.5, 0.6) is 0 Å². The van der Waals surface area contributed by atoms with E-state index in [-0.39, 0.29) is 32.1 Å². The largest absolute Gasteiger partial charge is 0.396 e. The quantitative estimate of drug-likeness (QED) is 0.645. The Kier molecular flexibility index (Phi) is 4.65. The fourth-order valence-electron chi connectivity index (χ4n) is 1.73. The predicted octanol–water partition coefficient (Wildman–Crippen LogP) is 3.58. The van der Waals surface area contributed by atoms with Crippen molar-refractivity contribution in [3.05, 3.63) is 52.0 Å². The molecule has 0 amide bonds. The molecule has 2 rings (SSSR count). The lowest BCUT2D eigenvalue weighted by Gasteiger charge is -2.10. The van der Waals surface area contributed by atoms with Crippen LogP contribution in [-0.4, -0.2) is 14.2 Å². The van der Waals surface area contributed by atoms with Gasteiger partial charge in [0.05, 0.1) is 26.3 Å². The number of hydrogen-bond donors (Lipinski definition) is 2. The van der Waals surface area contributed by atoms with Crippen LogP contribution in [0.1, 0.15) is 17.3 Å². The Morgan fingerprint density at radius 2 is 1.59 bits per heavy atom. The number of Topliss-reactive ketones (excluding diaryl/α,β-unsaturated/α-hetero) is 1. The molecule has 2 aromatic carbocycles. The smallest absolute Gasteiger partial charge is 0.261 e. The number of nitrogens with two attached hydrogens (primary N) is 1. The molecule has 0 aliphatic rings. The zero-order valence-corrected chi connectivity index (χ0v) is 13.8. The van der Waals surface area contributed by atoms with Crippen LogP contribution >= 0.6 is 23.2 Å². The second-order valence-corrected chi connectivity index (χ2v) is 7.04. The molecule has 3 N–H and O–H groups in total. The fraction of sp³-hybridized carbons (Fsp3) is 0.0714. The van der Waals surface area contributed by atoms with Crippen LogP contribution in [0.25, 0.3) is 0 Å². The molecule has 0 bridgehead atoms. The SMILES string of the molecule is CC(=O)c1ccc(S(=O)(=O)Nc2cc(Cl)c(N)c(Cl)c2)cc1. The lowest BCUT2D eigenvalue weighted by molar-refractivity contribution is 0.101. The lowest BCUT2D eigenvalue weighted by Crippen LogP contribution is -2.13. The molecular weight excluding hydrogens is 347 g/mol. The van der Waals surface area contributed by atoms with E-state index in [4.69, 9.17) is 28.9 Å². The summed E-state index contributed by atoms with van der Waals surface area (Å²) in [7, 11) is -3.82. The van der Waals surface area contributed by atoms with E-state index in [0.29, 0.717) is 5.56 Å². The Hall–Kier alpha value is -1.76. The number of sulfonamides is 1. The van der Waals surface area contributed by atoms with Gasteiger partial charge < -0.3 is 5.73 Å². The van der Waals surface area contributed by atoms with E-state index in [1.807, 2.05) is 0 Å². The maximum atomic E-state index is 12.3. The van der Waals surface area contributed by atoms with Gasteiger partial charge in [-0.3, -0.25) is 9.52 Å². The summed E-state index contributed by atoms with van der Waals surface area (Å²) >= 11 is 11.7. The summed E-state index contributed by atoms with van der Waals surface area (Å²) in [4.78, 5) is 11.2. The summed E-state index contributed by atoms with van der Waals surface area (Å²) in [5.41, 5.74) is 6.40. The third-order valence-corrected chi connectivity index (χ3v) is 4.93. The molecule has 0 aromatic heterocycles. The second-order valence-electron chi connectivity index (χ2n) is 4.54. The summed E-state index contributed by atoms with van der Waals surface area (Å²) in [5, 5.41) is 0.300. The van der Waals surface area contributed by atoms with Gasteiger partial charge >= 0.3 is 0 Å². The second kappa shape index (κ2) is 6.16. The van der Waals surface area contributed by atoms with Crippen molar-refractivity contribution < 1.29 is 13.2 Å². The van der Waals surface area contributed by atoms with E-state index >= 15 is 0 Å². The summed E-state index contributed by atoms with van der Waals surface area (Å²) in [6.07, 6.45) is 0. The fourth-order valence-corrected chi connectivity index (χ4v) is 3.25. The highest BCUT2D eigenvalue weighted by Crippen LogP contribution is 2.32. The number of hydrogen-bond acceptors (Lipinski definition) is 4. The van der Waals surface area contributed by atoms with Crippen molar-refractivity contribution in [3.63, 3.8) is 0 Å². The Morgan fingerprint density at radius 1 is 1.09 bits per heavy atom. The Labute approximate surface area is 138 Å². The molecule has 0 aliphatic heterocycles. The average Bonchev–Trinajstić information content (AvgIpc) is 2.44. The van der Waals surface area contributed by atoms with Crippen molar-refractivity contribution >= 4 is 50.4 Å². The minimum Gasteiger partial charge on any atom is -0.396 e. The Balaban J connectivity index is 2.33. The number of carbonyl (C=O) groups is 1. The minimum atomic E-state index is -3.82. The summed E-state index contributed by atoms with van der Waals surface area (Å²) in [6, 6.07) is 8.31. The van der Waals surface area contributed by atoms with Crippen LogP contribution in [-0.2, 0) is 10.0 Å². The lowest BCUT2D eigenvalue weighted by atomic mass is 10.2.